The third kappa shape index (κ3) is 4.38. The lowest BCUT2D eigenvalue weighted by molar-refractivity contribution is 0.585. The SMILES string of the molecule is CC(C)NCc1cc(Cl)ccc1Sc1ncccc1Cl. The zero-order valence-corrected chi connectivity index (χ0v) is 13.7. The highest BCUT2D eigenvalue weighted by molar-refractivity contribution is 7.99. The van der Waals surface area contributed by atoms with Gasteiger partial charge in [-0.25, -0.2) is 4.98 Å². The molecule has 1 N–H and O–H groups in total. The van der Waals surface area contributed by atoms with Gasteiger partial charge in [0.2, 0.25) is 0 Å². The van der Waals surface area contributed by atoms with Crippen LogP contribution in [0.15, 0.2) is 46.5 Å². The Hall–Kier alpha value is -0.740. The van der Waals surface area contributed by atoms with Crippen LogP contribution in [-0.4, -0.2) is 11.0 Å². The molecular formula is C15H16Cl2N2S. The van der Waals surface area contributed by atoms with E-state index < -0.39 is 0 Å². The topological polar surface area (TPSA) is 24.9 Å². The average molecular weight is 327 g/mol. The van der Waals surface area contributed by atoms with Crippen molar-refractivity contribution in [2.45, 2.75) is 36.4 Å². The van der Waals surface area contributed by atoms with Gasteiger partial charge in [-0.2, -0.15) is 0 Å². The Labute approximate surface area is 133 Å². The molecule has 2 rings (SSSR count). The van der Waals surface area contributed by atoms with Crippen molar-refractivity contribution in [3.63, 3.8) is 0 Å². The Morgan fingerprint density at radius 3 is 2.75 bits per heavy atom. The van der Waals surface area contributed by atoms with Crippen molar-refractivity contribution in [3.05, 3.63) is 52.1 Å². The van der Waals surface area contributed by atoms with Crippen LogP contribution in [0.25, 0.3) is 0 Å². The van der Waals surface area contributed by atoms with Crippen molar-refractivity contribution in [2.24, 2.45) is 0 Å². The normalized spacial score (nSPS) is 11.1. The predicted molar refractivity (Wildman–Crippen MR) is 86.8 cm³/mol. The van der Waals surface area contributed by atoms with Gasteiger partial charge >= 0.3 is 0 Å². The largest absolute Gasteiger partial charge is 0.310 e. The second-order valence-electron chi connectivity index (χ2n) is 4.68. The molecule has 5 heteroatoms. The molecule has 0 unspecified atom stereocenters. The summed E-state index contributed by atoms with van der Waals surface area (Å²) in [6.45, 7) is 5.00. The number of nitrogens with one attached hydrogen (secondary N) is 1. The summed E-state index contributed by atoms with van der Waals surface area (Å²) in [5, 5.41) is 5.61. The highest BCUT2D eigenvalue weighted by Crippen LogP contribution is 2.34. The average Bonchev–Trinajstić information content (AvgIpc) is 2.41. The Morgan fingerprint density at radius 2 is 2.05 bits per heavy atom. The molecule has 0 spiro atoms. The Bertz CT molecular complexity index is 588. The molecule has 1 aromatic carbocycles. The number of pyridine rings is 1. The maximum absolute atomic E-state index is 6.16. The fourth-order valence-corrected chi connectivity index (χ4v) is 2.97. The summed E-state index contributed by atoms with van der Waals surface area (Å²) in [6.07, 6.45) is 1.75. The minimum atomic E-state index is 0.422. The monoisotopic (exact) mass is 326 g/mol. The van der Waals surface area contributed by atoms with Gasteiger partial charge in [0.1, 0.15) is 5.03 Å². The van der Waals surface area contributed by atoms with E-state index in [1.165, 1.54) is 0 Å². The van der Waals surface area contributed by atoms with Crippen molar-refractivity contribution in [3.8, 4) is 0 Å². The first-order chi connectivity index (χ1) is 9.56. The number of benzene rings is 1. The van der Waals surface area contributed by atoms with E-state index in [-0.39, 0.29) is 0 Å². The summed E-state index contributed by atoms with van der Waals surface area (Å²) >= 11 is 13.8. The fourth-order valence-electron chi connectivity index (χ4n) is 1.65. The van der Waals surface area contributed by atoms with Crippen molar-refractivity contribution >= 4 is 35.0 Å². The second-order valence-corrected chi connectivity index (χ2v) is 6.55. The van der Waals surface area contributed by atoms with E-state index >= 15 is 0 Å². The lowest BCUT2D eigenvalue weighted by atomic mass is 10.2. The standard InChI is InChI=1S/C15H16Cl2N2S/c1-10(2)19-9-11-8-12(16)5-6-14(11)20-15-13(17)4-3-7-18-15/h3-8,10,19H,9H2,1-2H3. The number of aromatic nitrogens is 1. The number of rotatable bonds is 5. The lowest BCUT2D eigenvalue weighted by Gasteiger charge is -2.13. The van der Waals surface area contributed by atoms with Crippen LogP contribution in [0.2, 0.25) is 10.0 Å². The summed E-state index contributed by atoms with van der Waals surface area (Å²) in [6, 6.07) is 9.98. The van der Waals surface area contributed by atoms with Crippen LogP contribution in [0.1, 0.15) is 19.4 Å². The minimum absolute atomic E-state index is 0.422. The highest BCUT2D eigenvalue weighted by Gasteiger charge is 2.09. The quantitative estimate of drug-likeness (QED) is 0.833. The molecule has 0 bridgehead atoms. The summed E-state index contributed by atoms with van der Waals surface area (Å²) in [7, 11) is 0. The first kappa shape index (κ1) is 15.6. The molecule has 0 fully saturated rings. The molecule has 0 radical (unpaired) electrons. The molecule has 0 amide bonds. The van der Waals surface area contributed by atoms with Gasteiger partial charge in [-0.3, -0.25) is 0 Å². The zero-order valence-electron chi connectivity index (χ0n) is 11.4. The molecule has 0 aliphatic rings. The molecule has 2 nitrogen and oxygen atoms in total. The highest BCUT2D eigenvalue weighted by atomic mass is 35.5. The van der Waals surface area contributed by atoms with Crippen LogP contribution in [0, 0.1) is 0 Å². The van der Waals surface area contributed by atoms with E-state index in [1.54, 1.807) is 18.0 Å². The first-order valence-corrected chi connectivity index (χ1v) is 7.93. The molecule has 0 atom stereocenters. The number of hydrogen-bond donors (Lipinski definition) is 1. The van der Waals surface area contributed by atoms with Crippen LogP contribution in [-0.2, 0) is 6.54 Å². The third-order valence-corrected chi connectivity index (χ3v) is 4.44. The molecule has 0 saturated carbocycles. The smallest absolute Gasteiger partial charge is 0.119 e. The van der Waals surface area contributed by atoms with Gasteiger partial charge in [0.15, 0.2) is 0 Å². The van der Waals surface area contributed by atoms with E-state index in [0.29, 0.717) is 11.1 Å². The lowest BCUT2D eigenvalue weighted by Crippen LogP contribution is -2.22. The molecule has 2 aromatic rings. The van der Waals surface area contributed by atoms with Gasteiger partial charge in [-0.05, 0) is 35.9 Å². The number of nitrogens with zero attached hydrogens (tertiary/aromatic N) is 1. The first-order valence-electron chi connectivity index (χ1n) is 6.36. The van der Waals surface area contributed by atoms with Crippen LogP contribution >= 0.6 is 35.0 Å². The molecule has 106 valence electrons. The maximum Gasteiger partial charge on any atom is 0.119 e. The number of hydrogen-bond acceptors (Lipinski definition) is 3. The Kier molecular flexibility index (Phi) is 5.73. The van der Waals surface area contributed by atoms with Gasteiger partial charge in [0, 0.05) is 28.7 Å². The second kappa shape index (κ2) is 7.32. The van der Waals surface area contributed by atoms with E-state index in [0.717, 1.165) is 27.1 Å². The molecule has 0 aliphatic heterocycles. The van der Waals surface area contributed by atoms with Crippen LogP contribution < -0.4 is 5.32 Å². The number of halogens is 2. The van der Waals surface area contributed by atoms with Crippen molar-refractivity contribution < 1.29 is 0 Å². The fraction of sp³-hybridized carbons (Fsp3) is 0.267. The molecule has 1 heterocycles. The summed E-state index contributed by atoms with van der Waals surface area (Å²) in [5.41, 5.74) is 1.15. The summed E-state index contributed by atoms with van der Waals surface area (Å²) < 4.78 is 0. The molecule has 1 aromatic heterocycles. The molecule has 0 aliphatic carbocycles. The van der Waals surface area contributed by atoms with E-state index in [9.17, 15) is 0 Å². The maximum atomic E-state index is 6.16. The third-order valence-electron chi connectivity index (χ3n) is 2.65. The predicted octanol–water partition coefficient (Wildman–Crippen LogP) is 5.04. The summed E-state index contributed by atoms with van der Waals surface area (Å²) in [5.74, 6) is 0. The molecule has 0 saturated heterocycles. The van der Waals surface area contributed by atoms with E-state index in [2.05, 4.69) is 24.1 Å². The van der Waals surface area contributed by atoms with Crippen LogP contribution in [0.4, 0.5) is 0 Å². The van der Waals surface area contributed by atoms with Gasteiger partial charge in [0.25, 0.3) is 0 Å². The van der Waals surface area contributed by atoms with Gasteiger partial charge in [-0.1, -0.05) is 48.8 Å². The van der Waals surface area contributed by atoms with Crippen LogP contribution in [0.3, 0.4) is 0 Å². The summed E-state index contributed by atoms with van der Waals surface area (Å²) in [4.78, 5) is 5.42. The van der Waals surface area contributed by atoms with Crippen molar-refractivity contribution in [1.29, 1.82) is 0 Å². The van der Waals surface area contributed by atoms with Gasteiger partial charge in [0.05, 0.1) is 5.02 Å². The van der Waals surface area contributed by atoms with Gasteiger partial charge < -0.3 is 5.32 Å². The molecule has 20 heavy (non-hydrogen) atoms. The minimum Gasteiger partial charge on any atom is -0.310 e. The van der Waals surface area contributed by atoms with Crippen molar-refractivity contribution in [1.82, 2.24) is 10.3 Å². The van der Waals surface area contributed by atoms with Gasteiger partial charge in [-0.15, -0.1) is 0 Å². The zero-order chi connectivity index (χ0) is 14.5. The Balaban J connectivity index is 2.24. The van der Waals surface area contributed by atoms with Crippen LogP contribution in [0.5, 0.6) is 0 Å². The Morgan fingerprint density at radius 1 is 1.25 bits per heavy atom. The van der Waals surface area contributed by atoms with E-state index in [4.69, 9.17) is 23.2 Å². The van der Waals surface area contributed by atoms with E-state index in [1.807, 2.05) is 30.3 Å². The molecular weight excluding hydrogens is 311 g/mol. The van der Waals surface area contributed by atoms with Crippen molar-refractivity contribution in [2.75, 3.05) is 0 Å².